The highest BCUT2D eigenvalue weighted by Crippen LogP contribution is 2.36. The van der Waals surface area contributed by atoms with Gasteiger partial charge in [-0.2, -0.15) is 10.2 Å². The zero-order valence-electron chi connectivity index (χ0n) is 46.4. The van der Waals surface area contributed by atoms with Crippen LogP contribution < -0.4 is 30.7 Å². The van der Waals surface area contributed by atoms with Gasteiger partial charge < -0.3 is 60.0 Å². The lowest BCUT2D eigenvalue weighted by Gasteiger charge is -2.22. The first-order valence-electron chi connectivity index (χ1n) is 26.7. The highest BCUT2D eigenvalue weighted by atomic mass is 31.2. The summed E-state index contributed by atoms with van der Waals surface area (Å²) in [4.78, 5) is 81.4. The molecule has 8 rings (SSSR count). The molecule has 0 saturated carbocycles. The van der Waals surface area contributed by atoms with Crippen LogP contribution in [-0.4, -0.2) is 161 Å². The molecule has 0 aliphatic heterocycles. The molecule has 0 bridgehead atoms. The van der Waals surface area contributed by atoms with E-state index < -0.39 is 27.3 Å². The Morgan fingerprint density at radius 1 is 0.565 bits per heavy atom. The summed E-state index contributed by atoms with van der Waals surface area (Å²) < 4.78 is 74.4. The minimum atomic E-state index is -4.51. The van der Waals surface area contributed by atoms with Crippen LogP contribution in [0, 0.1) is 11.6 Å². The molecule has 0 aliphatic rings. The number of amides is 2. The Bertz CT molecular complexity index is 3540. The van der Waals surface area contributed by atoms with E-state index in [0.29, 0.717) is 127 Å². The normalized spacial score (nSPS) is 11.6. The molecule has 0 fully saturated rings. The topological polar surface area (TPSA) is 359 Å². The van der Waals surface area contributed by atoms with E-state index in [9.17, 15) is 27.5 Å². The van der Waals surface area contributed by atoms with Crippen molar-refractivity contribution < 1.29 is 70.3 Å². The van der Waals surface area contributed by atoms with Gasteiger partial charge in [-0.1, -0.05) is 19.1 Å². The van der Waals surface area contributed by atoms with Gasteiger partial charge in [0.1, 0.15) is 47.4 Å². The number of aromatic nitrogens is 8. The molecular formula is C54H66F2N14O13P2. The molecule has 10 N–H and O–H groups in total. The lowest BCUT2D eigenvalue weighted by molar-refractivity contribution is -0.116. The molecular weight excluding hydrogens is 1150 g/mol. The molecule has 0 spiro atoms. The van der Waals surface area contributed by atoms with Crippen molar-refractivity contribution in [2.45, 2.75) is 39.0 Å². The largest absolute Gasteiger partial charge is 0.493 e. The number of carbonyl (C=O) groups excluding carboxylic acids is 2. The summed E-state index contributed by atoms with van der Waals surface area (Å²) in [5.41, 5.74) is 3.19. The van der Waals surface area contributed by atoms with Gasteiger partial charge in [-0.3, -0.25) is 33.7 Å². The third-order valence-electron chi connectivity index (χ3n) is 12.3. The monoisotopic (exact) mass is 1220 g/mol. The van der Waals surface area contributed by atoms with Crippen molar-refractivity contribution >= 4 is 83.9 Å². The van der Waals surface area contributed by atoms with Gasteiger partial charge >= 0.3 is 15.6 Å². The molecule has 4 aromatic heterocycles. The van der Waals surface area contributed by atoms with E-state index in [2.05, 4.69) is 75.5 Å². The highest BCUT2D eigenvalue weighted by Gasteiger charge is 2.17. The van der Waals surface area contributed by atoms with Crippen LogP contribution in [0.15, 0.2) is 110 Å². The molecule has 2 amide bonds. The molecule has 0 atom stereocenters. The molecule has 0 saturated heterocycles. The molecule has 4 aromatic carbocycles. The van der Waals surface area contributed by atoms with Crippen molar-refractivity contribution in [1.82, 2.24) is 50.1 Å². The number of nitrogens with one attached hydrogen (secondary N) is 6. The Hall–Kier alpha value is -7.92. The van der Waals surface area contributed by atoms with Gasteiger partial charge in [-0.15, -0.1) is 0 Å². The number of benzene rings is 4. The number of phosphoric ester groups is 2. The second-order valence-electron chi connectivity index (χ2n) is 18.8. The van der Waals surface area contributed by atoms with Crippen LogP contribution >= 0.6 is 15.6 Å². The second-order valence-corrected chi connectivity index (χ2v) is 21.2. The molecule has 0 unspecified atom stereocenters. The zero-order chi connectivity index (χ0) is 60.6. The number of hydrogen-bond donors (Lipinski definition) is 10. The number of methoxy groups -OCH3 is 1. The fraction of sp³-hybridized carbons (Fsp3) is 0.333. The molecule has 31 heteroatoms. The predicted octanol–water partition coefficient (Wildman–Crippen LogP) is 7.25. The Morgan fingerprint density at radius 2 is 1.02 bits per heavy atom. The lowest BCUT2D eigenvalue weighted by Crippen LogP contribution is -2.32. The average Bonchev–Trinajstić information content (AvgIpc) is 4.24. The average molecular weight is 1220 g/mol. The van der Waals surface area contributed by atoms with Crippen LogP contribution in [0.2, 0.25) is 0 Å². The molecule has 454 valence electrons. The van der Waals surface area contributed by atoms with E-state index in [1.165, 1.54) is 49.1 Å². The lowest BCUT2D eigenvalue weighted by atomic mass is 10.2. The summed E-state index contributed by atoms with van der Waals surface area (Å²) in [7, 11) is -7.35. The quantitative estimate of drug-likeness (QED) is 0.0143. The van der Waals surface area contributed by atoms with Crippen LogP contribution in [0.4, 0.5) is 43.4 Å². The van der Waals surface area contributed by atoms with Crippen molar-refractivity contribution in [3.8, 4) is 11.5 Å². The van der Waals surface area contributed by atoms with Gasteiger partial charge in [0.05, 0.1) is 56.9 Å². The summed E-state index contributed by atoms with van der Waals surface area (Å²) in [6.07, 6.45) is 4.84. The smallest absolute Gasteiger partial charge is 0.469 e. The minimum absolute atomic E-state index is 0.00352. The second kappa shape index (κ2) is 32.4. The Morgan fingerprint density at radius 3 is 1.48 bits per heavy atom. The summed E-state index contributed by atoms with van der Waals surface area (Å²) in [5, 5.41) is 27.1. The van der Waals surface area contributed by atoms with Gasteiger partial charge in [-0.25, -0.2) is 37.8 Å². The first-order chi connectivity index (χ1) is 40.9. The van der Waals surface area contributed by atoms with E-state index >= 15 is 0 Å². The van der Waals surface area contributed by atoms with Crippen molar-refractivity contribution in [1.29, 1.82) is 0 Å². The van der Waals surface area contributed by atoms with Gasteiger partial charge in [0, 0.05) is 97.6 Å². The number of anilines is 6. The molecule has 27 nitrogen and oxygen atoms in total. The van der Waals surface area contributed by atoms with Crippen LogP contribution in [0.25, 0.3) is 21.8 Å². The number of nitrogens with zero attached hydrogens (tertiary/aromatic N) is 8. The van der Waals surface area contributed by atoms with Crippen molar-refractivity contribution in [2.75, 3.05) is 101 Å². The van der Waals surface area contributed by atoms with Gasteiger partial charge in [0.25, 0.3) is 0 Å². The number of fused-ring (bicyclic) bond motifs is 2. The predicted molar refractivity (Wildman–Crippen MR) is 312 cm³/mol. The number of carbonyl (C=O) groups is 2. The first kappa shape index (κ1) is 64.6. The number of aromatic amines is 2. The fourth-order valence-electron chi connectivity index (χ4n) is 8.32. The van der Waals surface area contributed by atoms with Crippen molar-refractivity contribution in [2.24, 2.45) is 0 Å². The van der Waals surface area contributed by atoms with Crippen LogP contribution in [0.5, 0.6) is 11.5 Å². The number of phosphoric acid groups is 2. The molecule has 4 heterocycles. The molecule has 85 heavy (non-hydrogen) atoms. The molecule has 0 radical (unpaired) electrons. The van der Waals surface area contributed by atoms with Crippen LogP contribution in [0.3, 0.4) is 0 Å². The van der Waals surface area contributed by atoms with Gasteiger partial charge in [-0.05, 0) is 86.5 Å². The summed E-state index contributed by atoms with van der Waals surface area (Å²) in [6, 6.07) is 25.7. The van der Waals surface area contributed by atoms with Crippen LogP contribution in [-0.2, 0) is 45.3 Å². The molecule has 8 aromatic rings. The number of ether oxygens (including phenoxy) is 3. The maximum Gasteiger partial charge on any atom is 0.469 e. The summed E-state index contributed by atoms with van der Waals surface area (Å²) in [6.45, 7) is 7.09. The maximum atomic E-state index is 13.4. The third-order valence-corrected chi connectivity index (χ3v) is 13.3. The molecule has 0 aliphatic carbocycles. The fourth-order valence-corrected chi connectivity index (χ4v) is 9.00. The Balaban J connectivity index is 0.000000244. The zero-order valence-corrected chi connectivity index (χ0v) is 48.2. The standard InChI is InChI=1S/C27H33FN7O7P.C27H33FN7O6P/c1-40-12-9-35(10-13-42-43(37,38)39)8-3-11-41-22-6-7-23-24(17-22)29-18-30-27(23)32-25-15-21(33-34-25)16-26(36)31-20-5-2-4-19(28)14-20;1-2-35(11-5-13-41-42(37,38)39)10-4-12-40-22-8-9-23-24(17-22)29-18-30-27(23)32-25-15-21(33-34-25)16-26(36)31-20-7-3-6-19(28)14-20/h2,4-7,14-15,17-18H,3,8-13,16H2,1H3,(H,31,36)(H2,37,38,39)(H2,29,30,32,33,34);3,6-9,14-15,17-18H,2,4-5,10-13,16H2,1H3,(H,31,36)(H2,37,38,39)(H2,29,30,32,33,34). The number of halogens is 2. The van der Waals surface area contributed by atoms with Gasteiger partial charge in [0.2, 0.25) is 11.8 Å². The third kappa shape index (κ3) is 22.9. The first-order valence-corrected chi connectivity index (χ1v) is 29.8. The van der Waals surface area contributed by atoms with E-state index in [1.54, 1.807) is 43.5 Å². The highest BCUT2D eigenvalue weighted by molar-refractivity contribution is 7.46. The van der Waals surface area contributed by atoms with Gasteiger partial charge in [0.15, 0.2) is 11.6 Å². The van der Waals surface area contributed by atoms with E-state index in [-0.39, 0.29) is 37.9 Å². The maximum absolute atomic E-state index is 13.4. The van der Waals surface area contributed by atoms with Crippen molar-refractivity contribution in [3.63, 3.8) is 0 Å². The Kier molecular flexibility index (Phi) is 24.6. The van der Waals surface area contributed by atoms with E-state index in [4.69, 9.17) is 33.8 Å². The number of hydrogen-bond acceptors (Lipinski definition) is 19. The van der Waals surface area contributed by atoms with E-state index in [0.717, 1.165) is 30.3 Å². The Labute approximate surface area is 486 Å². The van der Waals surface area contributed by atoms with Crippen LogP contribution in [0.1, 0.15) is 37.6 Å². The summed E-state index contributed by atoms with van der Waals surface area (Å²) in [5.74, 6) is 1.76. The summed E-state index contributed by atoms with van der Waals surface area (Å²) >= 11 is 0. The minimum Gasteiger partial charge on any atom is -0.493 e. The number of H-pyrrole nitrogens is 2. The SMILES string of the molecule is CCN(CCCOc1ccc2c(Nc3cc(CC(=O)Nc4cccc(F)c4)[nH]n3)ncnc2c1)CCCOP(=O)(O)O.COCCN(CCCOc1ccc2c(Nc3cc(CC(=O)Nc4cccc(F)c4)[nH]n3)ncnc2c1)CCOP(=O)(O)O. The van der Waals surface area contributed by atoms with Crippen molar-refractivity contribution in [3.05, 3.63) is 133 Å². The van der Waals surface area contributed by atoms with E-state index in [1.807, 2.05) is 36.1 Å². The number of rotatable bonds is 33.